The molecule has 4 aromatic carbocycles. The largest absolute Gasteiger partial charge is 0.619 e. The highest BCUT2D eigenvalue weighted by molar-refractivity contribution is 8.13. The Kier molecular flexibility index (Phi) is 28.6. The van der Waals surface area contributed by atoms with Crippen molar-refractivity contribution in [2.75, 3.05) is 66.0 Å². The molecule has 2 saturated heterocycles. The monoisotopic (exact) mass is 1560 g/mol. The van der Waals surface area contributed by atoms with Crippen LogP contribution in [-0.2, 0) is 51.0 Å². The van der Waals surface area contributed by atoms with Gasteiger partial charge in [-0.25, -0.2) is 26.4 Å². The fourth-order valence-electron chi connectivity index (χ4n) is 9.41. The van der Waals surface area contributed by atoms with Gasteiger partial charge in [0.05, 0.1) is 23.0 Å². The van der Waals surface area contributed by atoms with Gasteiger partial charge in [0.25, 0.3) is 20.9 Å². The van der Waals surface area contributed by atoms with Gasteiger partial charge in [-0.2, -0.15) is 31.3 Å². The van der Waals surface area contributed by atoms with Crippen LogP contribution < -0.4 is 33.7 Å². The standard InChI is InChI=1S/C31H31Cl2F2N3O8S2.C22H22Cl2F2N2O5S.C9H10ClNO3S.ClH/c1-36(2)28(39)20-4-3-5-21(12-20)48(42,43)38-10-11-47-29(38)30(40)45-26(14-22-23(32)15-37(41)16-24(22)33)19-8-9-25(46-31(34)35)27(13-19)44-17-18-6-7-18;23-15-9-28(30)10-16(24)14(15)8-18(32-21(29)20-27-5-6-34-20)13-3-4-17(33-22(25)26)19(7-13)31-11-12-1-2-12;1-11(2)9(12)7-4-3-5-8(6-7)15(10,13)14;/h3-5,8-9,12-13,15-16,18,26,29,31H,6-7,10-11,14,17H2,1-2H3;3-4,7,9-10,12,18,20,22,27H,1-2,5-6,8,11H2;3-6H,1-2H3;1H/t26-,29-;18-,20-;;/m00../s1. The van der Waals surface area contributed by atoms with E-state index in [2.05, 4.69) is 14.8 Å². The predicted molar refractivity (Wildman–Crippen MR) is 362 cm³/mol. The van der Waals surface area contributed by atoms with E-state index < -0.39 is 73.1 Å². The number of carbonyl (C=O) groups excluding carboxylic acids is 4. The molecule has 2 aromatic heterocycles. The van der Waals surface area contributed by atoms with Crippen molar-refractivity contribution in [2.45, 2.75) is 84.5 Å². The first-order chi connectivity index (χ1) is 45.9. The van der Waals surface area contributed by atoms with E-state index in [9.17, 15) is 64.0 Å². The molecule has 2 aliphatic heterocycles. The second kappa shape index (κ2) is 35.4. The quantitative estimate of drug-likeness (QED) is 0.0183. The maximum atomic E-state index is 13.8. The lowest BCUT2D eigenvalue weighted by Crippen LogP contribution is -2.40. The Bertz CT molecular complexity index is 4030. The molecule has 6 aromatic rings. The van der Waals surface area contributed by atoms with Crippen LogP contribution in [0.2, 0.25) is 20.1 Å². The molecule has 4 fully saturated rings. The lowest BCUT2D eigenvalue weighted by Gasteiger charge is -2.26. The van der Waals surface area contributed by atoms with Crippen LogP contribution in [0, 0.1) is 22.3 Å². The molecule has 2 saturated carbocycles. The molecule has 0 bridgehead atoms. The topological polar surface area (TPSA) is 268 Å². The smallest absolute Gasteiger partial charge is 0.387 e. The molecule has 10 rings (SSSR count). The molecule has 2 amide bonds. The summed E-state index contributed by atoms with van der Waals surface area (Å²) in [5.41, 5.74) is 1.88. The first-order valence-electron chi connectivity index (χ1n) is 29.4. The highest BCUT2D eigenvalue weighted by Crippen LogP contribution is 2.42. The molecular formula is C62H64Cl6F4N6O16S4. The number of thioether (sulfide) groups is 2. The Morgan fingerprint density at radius 1 is 0.612 bits per heavy atom. The summed E-state index contributed by atoms with van der Waals surface area (Å²) in [6, 6.07) is 19.6. The van der Waals surface area contributed by atoms with Crippen LogP contribution >= 0.6 is 93.0 Å². The molecule has 1 N–H and O–H groups in total. The summed E-state index contributed by atoms with van der Waals surface area (Å²) >= 11 is 27.7. The first kappa shape index (κ1) is 79.2. The molecular weight excluding hydrogens is 1500 g/mol. The Hall–Kier alpha value is -6.16. The third-order valence-corrected chi connectivity index (χ3v) is 21.7. The number of alkyl halides is 4. The Balaban J connectivity index is 0.000000234. The highest BCUT2D eigenvalue weighted by atomic mass is 35.7. The number of hydrogen-bond donors (Lipinski definition) is 1. The molecule has 4 aliphatic rings. The molecule has 0 spiro atoms. The molecule has 4 atom stereocenters. The summed E-state index contributed by atoms with van der Waals surface area (Å²) in [6.07, 6.45) is 6.17. The van der Waals surface area contributed by atoms with Crippen molar-refractivity contribution in [3.63, 3.8) is 0 Å². The number of nitrogens with one attached hydrogen (secondary N) is 1. The van der Waals surface area contributed by atoms with Gasteiger partial charge >= 0.3 is 25.2 Å². The van der Waals surface area contributed by atoms with Crippen molar-refractivity contribution in [2.24, 2.45) is 11.8 Å². The van der Waals surface area contributed by atoms with E-state index in [1.165, 1.54) is 106 Å². The van der Waals surface area contributed by atoms with Crippen molar-refractivity contribution in [3.8, 4) is 23.0 Å². The minimum atomic E-state index is -4.27. The van der Waals surface area contributed by atoms with Gasteiger partial charge in [-0.3, -0.25) is 14.9 Å². The van der Waals surface area contributed by atoms with E-state index in [4.69, 9.17) is 76.0 Å². The zero-order valence-electron chi connectivity index (χ0n) is 52.2. The van der Waals surface area contributed by atoms with Gasteiger partial charge in [0.1, 0.15) is 32.3 Å². The molecule has 532 valence electrons. The summed E-state index contributed by atoms with van der Waals surface area (Å²) in [4.78, 5) is 53.1. The number of pyridine rings is 2. The van der Waals surface area contributed by atoms with E-state index in [1.807, 2.05) is 0 Å². The fourth-order valence-corrected chi connectivity index (χ4v) is 15.4. The average molecular weight is 1570 g/mol. The summed E-state index contributed by atoms with van der Waals surface area (Å²) < 4.78 is 136. The number of benzene rings is 4. The Labute approximate surface area is 601 Å². The van der Waals surface area contributed by atoms with Crippen LogP contribution in [0.25, 0.3) is 0 Å². The SMILES string of the molecule is CN(C)C(=O)c1cccc(S(=O)(=O)Cl)c1.CN(C)C(=O)c1cccc(S(=O)(=O)N2CCS[C@H]2C(=O)O[C@@H](Cc2c(Cl)c[n+]([O-])cc2Cl)c2ccc(OC(F)F)c(OCC3CC3)c2)c1.Cl.O=C(O[C@@H](Cc1c(Cl)c[n+]([O-])cc1Cl)c1ccc(OC(F)F)c(OCC2CC2)c1)[C@H]1NCCS1. The van der Waals surface area contributed by atoms with Gasteiger partial charge in [0.2, 0.25) is 10.0 Å². The minimum Gasteiger partial charge on any atom is -0.619 e. The number of rotatable bonds is 25. The summed E-state index contributed by atoms with van der Waals surface area (Å²) in [5, 5.41) is 24.9. The number of sulfonamides is 1. The number of aromatic nitrogens is 2. The van der Waals surface area contributed by atoms with Crippen LogP contribution in [0.15, 0.2) is 120 Å². The summed E-state index contributed by atoms with van der Waals surface area (Å²) in [6.45, 7) is -4.84. The van der Waals surface area contributed by atoms with E-state index in [0.717, 1.165) is 72.3 Å². The van der Waals surface area contributed by atoms with Gasteiger partial charge in [-0.15, -0.1) is 35.9 Å². The Morgan fingerprint density at radius 2 is 1.04 bits per heavy atom. The molecule has 36 heteroatoms. The van der Waals surface area contributed by atoms with Gasteiger partial charge in [-0.05, 0) is 109 Å². The molecule has 22 nitrogen and oxygen atoms in total. The van der Waals surface area contributed by atoms with E-state index in [1.54, 1.807) is 28.2 Å². The number of esters is 2. The molecule has 2 aliphatic carbocycles. The van der Waals surface area contributed by atoms with Crippen LogP contribution in [0.5, 0.6) is 23.0 Å². The summed E-state index contributed by atoms with van der Waals surface area (Å²) in [7, 11) is 3.36. The van der Waals surface area contributed by atoms with Crippen LogP contribution in [0.3, 0.4) is 0 Å². The van der Waals surface area contributed by atoms with Crippen molar-refractivity contribution in [1.82, 2.24) is 19.4 Å². The average Bonchev–Trinajstić information content (AvgIpc) is 1.47. The maximum Gasteiger partial charge on any atom is 0.387 e. The molecule has 4 heterocycles. The zero-order chi connectivity index (χ0) is 70.6. The number of carbonyl (C=O) groups is 4. The van der Waals surface area contributed by atoms with Crippen molar-refractivity contribution in [1.29, 1.82) is 0 Å². The van der Waals surface area contributed by atoms with E-state index >= 15 is 0 Å². The molecule has 0 radical (unpaired) electrons. The Morgan fingerprint density at radius 3 is 1.44 bits per heavy atom. The van der Waals surface area contributed by atoms with Gasteiger partial charge in [-0.1, -0.05) is 70.7 Å². The third kappa shape index (κ3) is 22.2. The summed E-state index contributed by atoms with van der Waals surface area (Å²) in [5.74, 6) is -0.574. The number of halogens is 10. The zero-order valence-corrected chi connectivity index (χ0v) is 60.1. The fraction of sp³-hybridized carbons (Fsp3) is 0.387. The second-order valence-corrected chi connectivity index (χ2v) is 30.9. The van der Waals surface area contributed by atoms with E-state index in [0.29, 0.717) is 45.2 Å². The lowest BCUT2D eigenvalue weighted by atomic mass is 10.0. The maximum absolute atomic E-state index is 13.8. The number of nitrogens with zero attached hydrogens (tertiary/aromatic N) is 5. The lowest BCUT2D eigenvalue weighted by molar-refractivity contribution is -0.605. The van der Waals surface area contributed by atoms with Gasteiger partial charge < -0.3 is 48.6 Å². The predicted octanol–water partition coefficient (Wildman–Crippen LogP) is 11.6. The van der Waals surface area contributed by atoms with Crippen molar-refractivity contribution < 1.29 is 91.5 Å². The van der Waals surface area contributed by atoms with Gasteiger partial charge in [0, 0.05) is 98.6 Å². The molecule has 0 unspecified atom stereocenters. The van der Waals surface area contributed by atoms with Crippen molar-refractivity contribution >= 4 is 136 Å². The van der Waals surface area contributed by atoms with E-state index in [-0.39, 0.29) is 126 Å². The van der Waals surface area contributed by atoms with Crippen LogP contribution in [0.4, 0.5) is 17.6 Å². The van der Waals surface area contributed by atoms with Crippen LogP contribution in [-0.4, -0.2) is 145 Å². The third-order valence-electron chi connectivity index (χ3n) is 14.7. The molecule has 98 heavy (non-hydrogen) atoms. The highest BCUT2D eigenvalue weighted by Gasteiger charge is 2.43. The van der Waals surface area contributed by atoms with Gasteiger partial charge in [0.15, 0.2) is 58.5 Å². The number of amides is 2. The van der Waals surface area contributed by atoms with Crippen LogP contribution in [0.1, 0.15) is 80.9 Å². The normalized spacial score (nSPS) is 16.6. The number of hydrogen-bond acceptors (Lipinski definition) is 19. The second-order valence-electron chi connectivity index (χ2n) is 22.5. The minimum absolute atomic E-state index is 0. The van der Waals surface area contributed by atoms with Crippen molar-refractivity contribution in [3.05, 3.63) is 174 Å². The first-order valence-corrected chi connectivity index (χ1v) is 36.8. The number of ether oxygens (including phenoxy) is 6.